The molecule has 1 aromatic rings. The van der Waals surface area contributed by atoms with E-state index < -0.39 is 0 Å². The van der Waals surface area contributed by atoms with Crippen LogP contribution in [0.2, 0.25) is 0 Å². The van der Waals surface area contributed by atoms with Gasteiger partial charge in [0.25, 0.3) is 5.22 Å². The summed E-state index contributed by atoms with van der Waals surface area (Å²) >= 11 is 7.16. The first kappa shape index (κ1) is 10.9. The van der Waals surface area contributed by atoms with Gasteiger partial charge < -0.3 is 4.42 Å². The third kappa shape index (κ3) is 4.52. The van der Waals surface area contributed by atoms with Crippen LogP contribution in [0.15, 0.2) is 9.64 Å². The Bertz CT molecular complexity index is 242. The van der Waals surface area contributed by atoms with Crippen molar-refractivity contribution in [3.05, 3.63) is 5.89 Å². The second kappa shape index (κ2) is 6.27. The maximum atomic E-state index is 5.55. The molecule has 0 amide bonds. The lowest BCUT2D eigenvalue weighted by Crippen LogP contribution is -1.82. The van der Waals surface area contributed by atoms with Crippen LogP contribution in [0.25, 0.3) is 0 Å². The number of halogens is 1. The molecule has 1 rings (SSSR count). The molecular formula is C8H13ClN2OS. The predicted octanol–water partition coefficient (Wildman–Crippen LogP) is 2.88. The number of alkyl halides is 1. The van der Waals surface area contributed by atoms with Crippen molar-refractivity contribution < 1.29 is 4.42 Å². The Morgan fingerprint density at radius 2 is 2.15 bits per heavy atom. The van der Waals surface area contributed by atoms with Crippen LogP contribution in [0.3, 0.4) is 0 Å². The van der Waals surface area contributed by atoms with Gasteiger partial charge in [-0.3, -0.25) is 0 Å². The molecule has 1 aromatic heterocycles. The normalized spacial score (nSPS) is 10.6. The molecule has 0 N–H and O–H groups in total. The largest absolute Gasteiger partial charge is 0.416 e. The Hall–Kier alpha value is -0.220. The lowest BCUT2D eigenvalue weighted by Gasteiger charge is -1.95. The maximum Gasteiger partial charge on any atom is 0.276 e. The van der Waals surface area contributed by atoms with Gasteiger partial charge in [0.1, 0.15) is 0 Å². The van der Waals surface area contributed by atoms with E-state index in [-0.39, 0.29) is 0 Å². The lowest BCUT2D eigenvalue weighted by molar-refractivity contribution is 0.429. The highest BCUT2D eigenvalue weighted by Crippen LogP contribution is 2.17. The van der Waals surface area contributed by atoms with E-state index in [4.69, 9.17) is 16.0 Å². The van der Waals surface area contributed by atoms with Crippen LogP contribution in [-0.2, 0) is 0 Å². The third-order valence-corrected chi connectivity index (χ3v) is 2.68. The van der Waals surface area contributed by atoms with Crippen molar-refractivity contribution in [2.75, 3.05) is 11.6 Å². The van der Waals surface area contributed by atoms with Crippen molar-refractivity contribution in [1.29, 1.82) is 0 Å². The average molecular weight is 221 g/mol. The van der Waals surface area contributed by atoms with Crippen molar-refractivity contribution in [1.82, 2.24) is 10.2 Å². The summed E-state index contributed by atoms with van der Waals surface area (Å²) in [4.78, 5) is 0. The van der Waals surface area contributed by atoms with Crippen molar-refractivity contribution in [3.8, 4) is 0 Å². The molecular weight excluding hydrogens is 208 g/mol. The van der Waals surface area contributed by atoms with Crippen molar-refractivity contribution >= 4 is 23.4 Å². The number of hydrogen-bond acceptors (Lipinski definition) is 4. The van der Waals surface area contributed by atoms with Gasteiger partial charge in [0.05, 0.1) is 0 Å². The minimum atomic E-state index is 0.628. The molecule has 0 saturated heterocycles. The molecule has 0 unspecified atom stereocenters. The molecule has 74 valence electrons. The van der Waals surface area contributed by atoms with Gasteiger partial charge in [0.2, 0.25) is 5.89 Å². The Balaban J connectivity index is 2.06. The van der Waals surface area contributed by atoms with Crippen LogP contribution in [0.4, 0.5) is 0 Å². The summed E-state index contributed by atoms with van der Waals surface area (Å²) in [6.45, 7) is 1.80. The number of rotatable bonds is 6. The van der Waals surface area contributed by atoms with E-state index in [0.29, 0.717) is 11.1 Å². The van der Waals surface area contributed by atoms with Gasteiger partial charge in [-0.2, -0.15) is 0 Å². The zero-order chi connectivity index (χ0) is 9.52. The van der Waals surface area contributed by atoms with Gasteiger partial charge in [-0.05, 0) is 12.8 Å². The third-order valence-electron chi connectivity index (χ3n) is 1.51. The second-order valence-corrected chi connectivity index (χ2v) is 4.11. The molecule has 5 heteroatoms. The van der Waals surface area contributed by atoms with Crippen LogP contribution >= 0.6 is 23.4 Å². The van der Waals surface area contributed by atoms with Crippen molar-refractivity contribution in [2.45, 2.75) is 31.4 Å². The topological polar surface area (TPSA) is 38.9 Å². The predicted molar refractivity (Wildman–Crippen MR) is 54.3 cm³/mol. The van der Waals surface area contributed by atoms with E-state index >= 15 is 0 Å². The summed E-state index contributed by atoms with van der Waals surface area (Å²) in [5.41, 5.74) is 0. The average Bonchev–Trinajstić information content (AvgIpc) is 2.51. The van der Waals surface area contributed by atoms with Gasteiger partial charge >= 0.3 is 0 Å². The molecule has 3 nitrogen and oxygen atoms in total. The fourth-order valence-electron chi connectivity index (χ4n) is 0.870. The molecule has 0 fully saturated rings. The standard InChI is InChI=1S/C8H13ClN2OS/c1-7-10-11-8(12-7)13-6-4-2-3-5-9/h2-6H2,1H3. The molecule has 0 radical (unpaired) electrons. The van der Waals surface area contributed by atoms with Gasteiger partial charge in [0, 0.05) is 18.6 Å². The molecule has 0 atom stereocenters. The Morgan fingerprint density at radius 3 is 2.77 bits per heavy atom. The van der Waals surface area contributed by atoms with E-state index in [1.807, 2.05) is 0 Å². The van der Waals surface area contributed by atoms with E-state index in [1.165, 1.54) is 6.42 Å². The van der Waals surface area contributed by atoms with Gasteiger partial charge in [0.15, 0.2) is 0 Å². The first-order chi connectivity index (χ1) is 6.33. The lowest BCUT2D eigenvalue weighted by atomic mass is 10.3. The number of thioether (sulfide) groups is 1. The highest BCUT2D eigenvalue weighted by molar-refractivity contribution is 7.99. The van der Waals surface area contributed by atoms with E-state index in [1.54, 1.807) is 18.7 Å². The molecule has 0 aromatic carbocycles. The van der Waals surface area contributed by atoms with Crippen molar-refractivity contribution in [3.63, 3.8) is 0 Å². The minimum absolute atomic E-state index is 0.628. The monoisotopic (exact) mass is 220 g/mol. The number of hydrogen-bond donors (Lipinski definition) is 0. The summed E-state index contributed by atoms with van der Waals surface area (Å²) in [5, 5.41) is 8.30. The molecule has 0 aliphatic carbocycles. The summed E-state index contributed by atoms with van der Waals surface area (Å²) in [6, 6.07) is 0. The molecule has 1 heterocycles. The first-order valence-corrected chi connectivity index (χ1v) is 5.84. The van der Waals surface area contributed by atoms with Gasteiger partial charge in [-0.1, -0.05) is 18.2 Å². The van der Waals surface area contributed by atoms with Crippen molar-refractivity contribution in [2.24, 2.45) is 0 Å². The zero-order valence-corrected chi connectivity index (χ0v) is 9.20. The SMILES string of the molecule is Cc1nnc(SCCCCCCl)o1. The minimum Gasteiger partial charge on any atom is -0.416 e. The fraction of sp³-hybridized carbons (Fsp3) is 0.750. The first-order valence-electron chi connectivity index (χ1n) is 4.32. The Kier molecular flexibility index (Phi) is 5.23. The zero-order valence-electron chi connectivity index (χ0n) is 7.62. The molecule has 0 bridgehead atoms. The summed E-state index contributed by atoms with van der Waals surface area (Å²) < 4.78 is 5.20. The van der Waals surface area contributed by atoms with E-state index in [0.717, 1.165) is 24.5 Å². The van der Waals surface area contributed by atoms with Crippen LogP contribution in [0.5, 0.6) is 0 Å². The number of aryl methyl sites for hydroxylation is 1. The molecule has 0 aliphatic rings. The second-order valence-electron chi connectivity index (χ2n) is 2.69. The van der Waals surface area contributed by atoms with Gasteiger partial charge in [-0.15, -0.1) is 21.8 Å². The number of unbranched alkanes of at least 4 members (excludes halogenated alkanes) is 2. The fourth-order valence-corrected chi connectivity index (χ4v) is 1.86. The maximum absolute atomic E-state index is 5.55. The number of aromatic nitrogens is 2. The smallest absolute Gasteiger partial charge is 0.276 e. The van der Waals surface area contributed by atoms with Crippen LogP contribution in [-0.4, -0.2) is 21.8 Å². The summed E-state index contributed by atoms with van der Waals surface area (Å²) in [5.74, 6) is 2.41. The highest BCUT2D eigenvalue weighted by atomic mass is 35.5. The van der Waals surface area contributed by atoms with Crippen LogP contribution < -0.4 is 0 Å². The van der Waals surface area contributed by atoms with E-state index in [2.05, 4.69) is 10.2 Å². The Labute approximate surface area is 87.2 Å². The van der Waals surface area contributed by atoms with Crippen LogP contribution in [0, 0.1) is 6.92 Å². The molecule has 0 saturated carbocycles. The molecule has 0 aliphatic heterocycles. The highest BCUT2D eigenvalue weighted by Gasteiger charge is 2.01. The van der Waals surface area contributed by atoms with E-state index in [9.17, 15) is 0 Å². The summed E-state index contributed by atoms with van der Waals surface area (Å²) in [7, 11) is 0. The Morgan fingerprint density at radius 1 is 1.31 bits per heavy atom. The molecule has 0 spiro atoms. The van der Waals surface area contributed by atoms with Crippen LogP contribution in [0.1, 0.15) is 25.2 Å². The molecule has 13 heavy (non-hydrogen) atoms. The number of nitrogens with zero attached hydrogens (tertiary/aromatic N) is 2. The quantitative estimate of drug-likeness (QED) is 0.420. The summed E-state index contributed by atoms with van der Waals surface area (Å²) in [6.07, 6.45) is 3.41. The van der Waals surface area contributed by atoms with Gasteiger partial charge in [-0.25, -0.2) is 0 Å².